The Morgan fingerprint density at radius 1 is 0.475 bits per heavy atom. The van der Waals surface area contributed by atoms with Crippen LogP contribution in [0.2, 0.25) is 0 Å². The predicted molar refractivity (Wildman–Crippen MR) is 181 cm³/mol. The van der Waals surface area contributed by atoms with Crippen LogP contribution >= 0.6 is 0 Å². The molecule has 0 saturated carbocycles. The van der Waals surface area contributed by atoms with Crippen molar-refractivity contribution < 1.29 is 103 Å². The molecule has 4 aromatic rings. The summed E-state index contributed by atoms with van der Waals surface area (Å²) >= 11 is 0. The molecule has 0 radical (unpaired) electrons. The van der Waals surface area contributed by atoms with Crippen LogP contribution in [0.25, 0.3) is 32.3 Å². The van der Waals surface area contributed by atoms with E-state index in [0.29, 0.717) is 6.42 Å². The number of unbranched alkanes of at least 4 members (excludes halogenated alkanes) is 7. The Hall–Kier alpha value is -4.47. The summed E-state index contributed by atoms with van der Waals surface area (Å²) in [5.74, 6) is -74.4. The maximum atomic E-state index is 13.1. The fourth-order valence-corrected chi connectivity index (χ4v) is 6.45. The van der Waals surface area contributed by atoms with Crippen molar-refractivity contribution in [1.29, 1.82) is 0 Å². The average molecular weight is 915 g/mol. The normalized spacial score (nSPS) is 14.7. The Balaban J connectivity index is 0.000000325. The van der Waals surface area contributed by atoms with Crippen molar-refractivity contribution >= 4 is 44.3 Å². The zero-order chi connectivity index (χ0) is 47.0. The van der Waals surface area contributed by atoms with Crippen molar-refractivity contribution in [2.75, 3.05) is 0 Å². The van der Waals surface area contributed by atoms with Crippen LogP contribution in [0.1, 0.15) is 76.2 Å². The van der Waals surface area contributed by atoms with Gasteiger partial charge in [-0.3, -0.25) is 4.79 Å². The first-order valence-electron chi connectivity index (χ1n) is 17.9. The lowest BCUT2D eigenvalue weighted by molar-refractivity contribution is -0.467. The second-order valence-corrected chi connectivity index (χ2v) is 14.1. The van der Waals surface area contributed by atoms with E-state index in [1.165, 1.54) is 65.5 Å². The fraction of sp³-hybridized carbons (Fsp3) is 0.526. The number of halogens is 19. The highest BCUT2D eigenvalue weighted by Crippen LogP contribution is 2.65. The minimum absolute atomic E-state index is 0.436. The molecular formula is C38H33F19O4. The highest BCUT2D eigenvalue weighted by atomic mass is 19.4. The van der Waals surface area contributed by atoms with Crippen molar-refractivity contribution in [2.45, 2.75) is 124 Å². The standard InChI is InChI=1S/C28H32O2.C10HF19O2/c1-2-3-4-5-6-7-8-9-13-25(28(29)30)23-18-16-22-15-14-20-11-10-12-21-17-19-24(23)27(22)26(20)21;11-2(12,1(30)31)3(13,14)4(15,16)5(17,18)6(19,20)7(21,22)8(23,24)9(25,26)10(27,28)29/h10-12,14-19,25H,2-9,13H2,1H3,(H,29,30);(H,30,31). The average Bonchev–Trinajstić information content (AvgIpc) is 3.15. The maximum Gasteiger partial charge on any atom is 0.460 e. The van der Waals surface area contributed by atoms with Crippen molar-refractivity contribution in [1.82, 2.24) is 0 Å². The van der Waals surface area contributed by atoms with Gasteiger partial charge in [0, 0.05) is 0 Å². The number of carboxylic acid groups (broad SMARTS) is 2. The molecule has 0 saturated heterocycles. The van der Waals surface area contributed by atoms with Gasteiger partial charge in [-0.2, -0.15) is 83.4 Å². The molecule has 342 valence electrons. The molecule has 0 fully saturated rings. The van der Waals surface area contributed by atoms with Gasteiger partial charge in [-0.1, -0.05) is 113 Å². The van der Waals surface area contributed by atoms with E-state index in [2.05, 4.69) is 55.5 Å². The lowest BCUT2D eigenvalue weighted by Crippen LogP contribution is -2.76. The van der Waals surface area contributed by atoms with Gasteiger partial charge in [-0.05, 0) is 44.3 Å². The van der Waals surface area contributed by atoms with Gasteiger partial charge in [0.25, 0.3) is 0 Å². The Kier molecular flexibility index (Phi) is 14.5. The second-order valence-electron chi connectivity index (χ2n) is 14.1. The number of hydrogen-bond donors (Lipinski definition) is 2. The number of aliphatic carboxylic acids is 2. The topological polar surface area (TPSA) is 74.6 Å². The van der Waals surface area contributed by atoms with E-state index in [4.69, 9.17) is 5.11 Å². The third-order valence-electron chi connectivity index (χ3n) is 9.97. The summed E-state index contributed by atoms with van der Waals surface area (Å²) in [5.41, 5.74) is 0.969. The summed E-state index contributed by atoms with van der Waals surface area (Å²) in [6.45, 7) is 2.24. The zero-order valence-corrected chi connectivity index (χ0v) is 31.0. The molecule has 61 heavy (non-hydrogen) atoms. The Bertz CT molecular complexity index is 2130. The summed E-state index contributed by atoms with van der Waals surface area (Å²) in [5, 5.41) is 24.8. The Morgan fingerprint density at radius 2 is 0.852 bits per heavy atom. The smallest absolute Gasteiger partial charge is 0.460 e. The van der Waals surface area contributed by atoms with Gasteiger partial charge in [0.2, 0.25) is 0 Å². The van der Waals surface area contributed by atoms with Crippen LogP contribution in [0.3, 0.4) is 0 Å². The van der Waals surface area contributed by atoms with Gasteiger partial charge in [-0.25, -0.2) is 4.79 Å². The molecule has 0 aliphatic rings. The molecule has 2 N–H and O–H groups in total. The highest BCUT2D eigenvalue weighted by molar-refractivity contribution is 6.23. The first-order chi connectivity index (χ1) is 27.6. The van der Waals surface area contributed by atoms with E-state index in [9.17, 15) is 98.1 Å². The first-order valence-corrected chi connectivity index (χ1v) is 17.9. The van der Waals surface area contributed by atoms with Gasteiger partial charge >= 0.3 is 65.5 Å². The van der Waals surface area contributed by atoms with Gasteiger partial charge < -0.3 is 10.2 Å². The minimum atomic E-state index is -9.06. The van der Waals surface area contributed by atoms with E-state index in [0.717, 1.165) is 23.8 Å². The minimum Gasteiger partial charge on any atom is -0.481 e. The quantitative estimate of drug-likeness (QED) is 0.0558. The first kappa shape index (κ1) is 50.9. The summed E-state index contributed by atoms with van der Waals surface area (Å²) < 4.78 is 242. The van der Waals surface area contributed by atoms with E-state index in [1.54, 1.807) is 0 Å². The molecule has 0 aromatic heterocycles. The van der Waals surface area contributed by atoms with Crippen LogP contribution in [-0.2, 0) is 9.59 Å². The van der Waals surface area contributed by atoms with Gasteiger partial charge in [0.05, 0.1) is 5.92 Å². The molecule has 0 amide bonds. The molecule has 4 rings (SSSR count). The van der Waals surface area contributed by atoms with Gasteiger partial charge in [-0.15, -0.1) is 0 Å². The fourth-order valence-electron chi connectivity index (χ4n) is 6.45. The second kappa shape index (κ2) is 17.4. The number of carboxylic acids is 2. The predicted octanol–water partition coefficient (Wildman–Crippen LogP) is 14.0. The van der Waals surface area contributed by atoms with E-state index >= 15 is 0 Å². The Labute approximate surface area is 332 Å². The van der Waals surface area contributed by atoms with Crippen LogP contribution in [0.15, 0.2) is 54.6 Å². The largest absolute Gasteiger partial charge is 0.481 e. The van der Waals surface area contributed by atoms with Crippen LogP contribution < -0.4 is 0 Å². The van der Waals surface area contributed by atoms with E-state index in [1.807, 2.05) is 6.07 Å². The monoisotopic (exact) mass is 914 g/mol. The van der Waals surface area contributed by atoms with Crippen LogP contribution in [0, 0.1) is 0 Å². The number of benzene rings is 4. The van der Waals surface area contributed by atoms with Gasteiger partial charge in [0.1, 0.15) is 0 Å². The molecule has 1 atom stereocenters. The van der Waals surface area contributed by atoms with E-state index in [-0.39, 0.29) is 0 Å². The molecule has 0 bridgehead atoms. The summed E-state index contributed by atoms with van der Waals surface area (Å²) in [4.78, 5) is 22.0. The number of carbonyl (C=O) groups is 2. The van der Waals surface area contributed by atoms with Gasteiger partial charge in [0.15, 0.2) is 0 Å². The zero-order valence-electron chi connectivity index (χ0n) is 31.0. The van der Waals surface area contributed by atoms with Crippen molar-refractivity contribution in [3.63, 3.8) is 0 Å². The van der Waals surface area contributed by atoms with Crippen LogP contribution in [0.4, 0.5) is 83.4 Å². The van der Waals surface area contributed by atoms with Crippen molar-refractivity contribution in [3.05, 3.63) is 60.2 Å². The molecular weight excluding hydrogens is 881 g/mol. The lowest BCUT2D eigenvalue weighted by Gasteiger charge is -2.43. The molecule has 0 aliphatic carbocycles. The number of rotatable bonds is 19. The molecule has 4 nitrogen and oxygen atoms in total. The third-order valence-corrected chi connectivity index (χ3v) is 9.97. The summed E-state index contributed by atoms with van der Waals surface area (Å²) in [6.07, 6.45) is 2.61. The number of alkyl halides is 19. The van der Waals surface area contributed by atoms with Crippen LogP contribution in [0.5, 0.6) is 0 Å². The summed E-state index contributed by atoms with van der Waals surface area (Å²) in [6, 6.07) is 19.1. The molecule has 0 aliphatic heterocycles. The maximum absolute atomic E-state index is 13.1. The SMILES string of the molecule is CCCCCCCCCCC(C(=O)O)c1ccc2ccc3cccc4ccc1c2c34.O=C(O)C(F)(F)C(F)(F)C(F)(F)C(F)(F)C(F)(F)C(F)(F)C(F)(F)C(F)(F)C(F)(F)F. The van der Waals surface area contributed by atoms with Crippen molar-refractivity contribution in [2.24, 2.45) is 0 Å². The summed E-state index contributed by atoms with van der Waals surface area (Å²) in [7, 11) is 0. The highest BCUT2D eigenvalue weighted by Gasteiger charge is 2.97. The lowest BCUT2D eigenvalue weighted by atomic mass is 9.85. The Morgan fingerprint density at radius 3 is 1.28 bits per heavy atom. The molecule has 1 unspecified atom stereocenters. The number of hydrogen-bond acceptors (Lipinski definition) is 2. The molecule has 23 heteroatoms. The third kappa shape index (κ3) is 8.54. The molecule has 0 heterocycles. The van der Waals surface area contributed by atoms with Crippen LogP contribution in [-0.4, -0.2) is 75.7 Å². The van der Waals surface area contributed by atoms with Crippen molar-refractivity contribution in [3.8, 4) is 0 Å². The van der Waals surface area contributed by atoms with E-state index < -0.39 is 71.4 Å². The molecule has 0 spiro atoms. The molecule has 4 aromatic carbocycles.